The predicted molar refractivity (Wildman–Crippen MR) is 88.2 cm³/mol. The molecule has 2 N–H and O–H groups in total. The Kier molecular flexibility index (Phi) is 6.08. The van der Waals surface area contributed by atoms with E-state index in [1.807, 2.05) is 13.0 Å². The first kappa shape index (κ1) is 17.8. The molecule has 0 aromatic carbocycles. The van der Waals surface area contributed by atoms with Gasteiger partial charge in [-0.2, -0.15) is 0 Å². The fourth-order valence-corrected chi connectivity index (χ4v) is 4.15. The van der Waals surface area contributed by atoms with Gasteiger partial charge in [-0.05, 0) is 63.7 Å². The first-order chi connectivity index (χ1) is 11.0. The minimum absolute atomic E-state index is 0.0213. The van der Waals surface area contributed by atoms with Gasteiger partial charge < -0.3 is 15.2 Å². The number of carboxylic acids is 1. The normalized spacial score (nSPS) is 29.2. The number of allylic oxidation sites excluding steroid dienone is 1. The Balaban J connectivity index is 1.93. The molecule has 0 aliphatic heterocycles. The summed E-state index contributed by atoms with van der Waals surface area (Å²) in [6, 6.07) is -0.832. The molecule has 2 fully saturated rings. The Labute approximate surface area is 138 Å². The maximum atomic E-state index is 12.3. The average molecular weight is 323 g/mol. The number of hydrogen-bond donors (Lipinski definition) is 2. The van der Waals surface area contributed by atoms with Gasteiger partial charge in [-0.3, -0.25) is 0 Å². The van der Waals surface area contributed by atoms with Gasteiger partial charge in [0.1, 0.15) is 11.6 Å². The number of carbonyl (C=O) groups is 2. The maximum absolute atomic E-state index is 12.3. The van der Waals surface area contributed by atoms with E-state index < -0.39 is 23.7 Å². The molecule has 0 bridgehead atoms. The van der Waals surface area contributed by atoms with E-state index in [1.165, 1.54) is 0 Å². The van der Waals surface area contributed by atoms with Crippen molar-refractivity contribution in [1.29, 1.82) is 0 Å². The monoisotopic (exact) mass is 323 g/mol. The molecule has 0 heterocycles. The lowest BCUT2D eigenvalue weighted by Gasteiger charge is -2.32. The summed E-state index contributed by atoms with van der Waals surface area (Å²) in [6.45, 7) is 5.72. The number of rotatable bonds is 7. The smallest absolute Gasteiger partial charge is 0.408 e. The van der Waals surface area contributed by atoms with Crippen molar-refractivity contribution in [2.24, 2.45) is 11.8 Å². The number of ether oxygens (including phenoxy) is 1. The summed E-state index contributed by atoms with van der Waals surface area (Å²) in [6.07, 6.45) is 9.87. The van der Waals surface area contributed by atoms with Crippen molar-refractivity contribution in [3.8, 4) is 0 Å². The van der Waals surface area contributed by atoms with Crippen molar-refractivity contribution >= 4 is 12.1 Å². The second-order valence-corrected chi connectivity index (χ2v) is 7.16. The fraction of sp³-hybridized carbons (Fsp3) is 0.778. The molecule has 2 saturated carbocycles. The topological polar surface area (TPSA) is 75.6 Å². The van der Waals surface area contributed by atoms with Gasteiger partial charge in [-0.15, -0.1) is 6.58 Å². The van der Waals surface area contributed by atoms with Crippen molar-refractivity contribution in [1.82, 2.24) is 5.32 Å². The standard InChI is InChI=1S/C18H29NO4/c1-3-4-10-14-11-7-12-18(14,2)23-17(22)19-15(16(20)21)13-8-5-6-9-13/h3,13-15H,1,4-12H2,2H3,(H,19,22)(H,20,21)/t14-,15+,18-/m1/s1. The van der Waals surface area contributed by atoms with Gasteiger partial charge in [-0.25, -0.2) is 9.59 Å². The van der Waals surface area contributed by atoms with Gasteiger partial charge in [0.05, 0.1) is 0 Å². The molecule has 1 amide bonds. The van der Waals surface area contributed by atoms with Crippen LogP contribution in [0.4, 0.5) is 4.79 Å². The Morgan fingerprint density at radius 2 is 2.04 bits per heavy atom. The van der Waals surface area contributed by atoms with Crippen molar-refractivity contribution in [2.75, 3.05) is 0 Å². The second kappa shape index (κ2) is 7.84. The Hall–Kier alpha value is -1.52. The lowest BCUT2D eigenvalue weighted by Crippen LogP contribution is -2.48. The molecule has 2 aliphatic carbocycles. The van der Waals surface area contributed by atoms with Crippen LogP contribution in [0.1, 0.15) is 64.7 Å². The zero-order valence-electron chi connectivity index (χ0n) is 14.1. The molecule has 3 atom stereocenters. The molecule has 0 aromatic heterocycles. The van der Waals surface area contributed by atoms with Gasteiger partial charge in [0.2, 0.25) is 0 Å². The van der Waals surface area contributed by atoms with Gasteiger partial charge in [0, 0.05) is 0 Å². The summed E-state index contributed by atoms with van der Waals surface area (Å²) >= 11 is 0. The number of alkyl carbamates (subject to hydrolysis) is 1. The van der Waals surface area contributed by atoms with Crippen molar-refractivity contribution < 1.29 is 19.4 Å². The van der Waals surface area contributed by atoms with Crippen LogP contribution < -0.4 is 5.32 Å². The lowest BCUT2D eigenvalue weighted by atomic mass is 9.88. The molecule has 5 heteroatoms. The van der Waals surface area contributed by atoms with Crippen molar-refractivity contribution in [2.45, 2.75) is 76.4 Å². The molecule has 130 valence electrons. The van der Waals surface area contributed by atoms with Gasteiger partial charge in [-0.1, -0.05) is 18.9 Å². The molecule has 0 aromatic rings. The molecule has 0 spiro atoms. The number of amides is 1. The van der Waals surface area contributed by atoms with Gasteiger partial charge >= 0.3 is 12.1 Å². The summed E-state index contributed by atoms with van der Waals surface area (Å²) in [5, 5.41) is 12.0. The van der Waals surface area contributed by atoms with Crippen LogP contribution >= 0.6 is 0 Å². The first-order valence-electron chi connectivity index (χ1n) is 8.79. The number of carboxylic acid groups (broad SMARTS) is 1. The summed E-state index contributed by atoms with van der Waals surface area (Å²) in [7, 11) is 0. The van der Waals surface area contributed by atoms with E-state index in [-0.39, 0.29) is 5.92 Å². The lowest BCUT2D eigenvalue weighted by molar-refractivity contribution is -0.141. The summed E-state index contributed by atoms with van der Waals surface area (Å²) in [5.74, 6) is -0.623. The molecule has 2 aliphatic rings. The maximum Gasteiger partial charge on any atom is 0.408 e. The summed E-state index contributed by atoms with van der Waals surface area (Å²) in [5.41, 5.74) is -0.494. The quantitative estimate of drug-likeness (QED) is 0.697. The zero-order valence-corrected chi connectivity index (χ0v) is 14.1. The van der Waals surface area contributed by atoms with E-state index >= 15 is 0 Å². The van der Waals surface area contributed by atoms with E-state index in [2.05, 4.69) is 11.9 Å². The van der Waals surface area contributed by atoms with Crippen LogP contribution in [0.5, 0.6) is 0 Å². The number of hydrogen-bond acceptors (Lipinski definition) is 3. The second-order valence-electron chi connectivity index (χ2n) is 7.16. The van der Waals surface area contributed by atoms with E-state index in [0.717, 1.165) is 57.8 Å². The molecule has 2 rings (SSSR count). The fourth-order valence-electron chi connectivity index (χ4n) is 4.15. The minimum Gasteiger partial charge on any atom is -0.480 e. The third kappa shape index (κ3) is 4.49. The molecular formula is C18H29NO4. The SMILES string of the molecule is C=CCC[C@@H]1CCC[C@@]1(C)OC(=O)N[C@H](C(=O)O)C1CCCC1. The van der Waals surface area contributed by atoms with Crippen molar-refractivity contribution in [3.05, 3.63) is 12.7 Å². The Morgan fingerprint density at radius 3 is 2.65 bits per heavy atom. The van der Waals surface area contributed by atoms with E-state index in [0.29, 0.717) is 5.92 Å². The van der Waals surface area contributed by atoms with E-state index in [1.54, 1.807) is 0 Å². The number of aliphatic carboxylic acids is 1. The van der Waals surface area contributed by atoms with Crippen LogP contribution in [0.15, 0.2) is 12.7 Å². The van der Waals surface area contributed by atoms with Crippen LogP contribution in [0.2, 0.25) is 0 Å². The van der Waals surface area contributed by atoms with Gasteiger partial charge in [0.15, 0.2) is 0 Å². The van der Waals surface area contributed by atoms with Gasteiger partial charge in [0.25, 0.3) is 0 Å². The highest BCUT2D eigenvalue weighted by Gasteiger charge is 2.42. The van der Waals surface area contributed by atoms with Crippen LogP contribution in [0, 0.1) is 11.8 Å². The highest BCUT2D eigenvalue weighted by molar-refractivity contribution is 5.80. The zero-order chi connectivity index (χ0) is 16.9. The highest BCUT2D eigenvalue weighted by atomic mass is 16.6. The molecule has 0 radical (unpaired) electrons. The third-order valence-corrected chi connectivity index (χ3v) is 5.55. The molecule has 5 nitrogen and oxygen atoms in total. The van der Waals surface area contributed by atoms with E-state index in [4.69, 9.17) is 4.74 Å². The average Bonchev–Trinajstić information content (AvgIpc) is 3.12. The highest BCUT2D eigenvalue weighted by Crippen LogP contribution is 2.41. The Morgan fingerprint density at radius 1 is 1.35 bits per heavy atom. The van der Waals surface area contributed by atoms with E-state index in [9.17, 15) is 14.7 Å². The molecule has 0 unspecified atom stereocenters. The summed E-state index contributed by atoms with van der Waals surface area (Å²) < 4.78 is 5.70. The molecule has 23 heavy (non-hydrogen) atoms. The van der Waals surface area contributed by atoms with Crippen molar-refractivity contribution in [3.63, 3.8) is 0 Å². The predicted octanol–water partition coefficient (Wildman–Crippen LogP) is 3.88. The minimum atomic E-state index is -0.964. The Bertz CT molecular complexity index is 444. The largest absolute Gasteiger partial charge is 0.480 e. The third-order valence-electron chi connectivity index (χ3n) is 5.55. The molecule has 0 saturated heterocycles. The number of carbonyl (C=O) groups excluding carboxylic acids is 1. The van der Waals surface area contributed by atoms with Crippen LogP contribution in [0.3, 0.4) is 0 Å². The van der Waals surface area contributed by atoms with Crippen LogP contribution in [0.25, 0.3) is 0 Å². The van der Waals surface area contributed by atoms with Crippen LogP contribution in [-0.4, -0.2) is 28.8 Å². The summed E-state index contributed by atoms with van der Waals surface area (Å²) in [4.78, 5) is 23.7. The molecular weight excluding hydrogens is 294 g/mol. The number of nitrogens with one attached hydrogen (secondary N) is 1. The first-order valence-corrected chi connectivity index (χ1v) is 8.79. The van der Waals surface area contributed by atoms with Crippen LogP contribution in [-0.2, 0) is 9.53 Å².